The van der Waals surface area contributed by atoms with Gasteiger partial charge in [0.15, 0.2) is 0 Å². The van der Waals surface area contributed by atoms with Gasteiger partial charge in [0.1, 0.15) is 17.1 Å². The summed E-state index contributed by atoms with van der Waals surface area (Å²) in [7, 11) is -4.26. The molecule has 2 fully saturated rings. The summed E-state index contributed by atoms with van der Waals surface area (Å²) in [6.07, 6.45) is 5.11. The van der Waals surface area contributed by atoms with Gasteiger partial charge in [-0.3, -0.25) is 9.62 Å². The van der Waals surface area contributed by atoms with Crippen LogP contribution in [0.25, 0.3) is 6.08 Å². The Balaban J connectivity index is 1.39. The molecule has 1 saturated heterocycles. The Morgan fingerprint density at radius 3 is 2.78 bits per heavy atom. The predicted molar refractivity (Wildman–Crippen MR) is 137 cm³/mol. The molecule has 3 atom stereocenters. The molecular weight excluding hydrogens is 499 g/mol. The average molecular weight is 531 g/mol. The molecule has 198 valence electrons. The van der Waals surface area contributed by atoms with Crippen molar-refractivity contribution in [2.45, 2.75) is 43.1 Å². The number of aliphatic hydroxyl groups is 1. The lowest BCUT2D eigenvalue weighted by Crippen LogP contribution is -2.33. The number of carboxylic acid groups (broad SMARTS) is 1. The average Bonchev–Trinajstić information content (AvgIpc) is 3.45. The van der Waals surface area contributed by atoms with Gasteiger partial charge in [0.05, 0.1) is 22.8 Å². The zero-order valence-electron chi connectivity index (χ0n) is 20.8. The van der Waals surface area contributed by atoms with Crippen molar-refractivity contribution in [3.8, 4) is 5.75 Å². The molecule has 3 aliphatic rings. The van der Waals surface area contributed by atoms with Crippen LogP contribution in [0.2, 0.25) is 0 Å². The summed E-state index contributed by atoms with van der Waals surface area (Å²) in [6.45, 7) is 6.03. The predicted octanol–water partition coefficient (Wildman–Crippen LogP) is 3.93. The maximum absolute atomic E-state index is 14.1. The smallest absolute Gasteiger partial charge is 0.341 e. The Labute approximate surface area is 215 Å². The third-order valence-electron chi connectivity index (χ3n) is 7.60. The van der Waals surface area contributed by atoms with Crippen LogP contribution in [-0.2, 0) is 10.0 Å². The van der Waals surface area contributed by atoms with Crippen LogP contribution in [0.5, 0.6) is 5.75 Å². The second-order valence-corrected chi connectivity index (χ2v) is 12.4. The number of likely N-dealkylation sites (tertiary alicyclic amines) is 1. The van der Waals surface area contributed by atoms with Gasteiger partial charge in [-0.05, 0) is 74.5 Å². The molecule has 0 aromatic heterocycles. The van der Waals surface area contributed by atoms with E-state index in [9.17, 15) is 27.8 Å². The third kappa shape index (κ3) is 5.23. The maximum atomic E-state index is 14.1. The van der Waals surface area contributed by atoms with Gasteiger partial charge >= 0.3 is 5.97 Å². The molecule has 2 aromatic carbocycles. The van der Waals surface area contributed by atoms with Crippen LogP contribution < -0.4 is 9.46 Å². The largest absolute Gasteiger partial charge is 0.492 e. The van der Waals surface area contributed by atoms with Gasteiger partial charge in [0.25, 0.3) is 10.0 Å². The van der Waals surface area contributed by atoms with Crippen LogP contribution in [0.15, 0.2) is 41.3 Å². The highest BCUT2D eigenvalue weighted by Crippen LogP contribution is 2.55. The molecule has 10 heteroatoms. The first-order valence-corrected chi connectivity index (χ1v) is 13.9. The van der Waals surface area contributed by atoms with E-state index in [1.807, 2.05) is 0 Å². The van der Waals surface area contributed by atoms with Crippen LogP contribution in [0, 0.1) is 17.7 Å². The van der Waals surface area contributed by atoms with E-state index >= 15 is 0 Å². The van der Waals surface area contributed by atoms with Gasteiger partial charge in [0, 0.05) is 24.9 Å². The van der Waals surface area contributed by atoms with Crippen molar-refractivity contribution in [3.63, 3.8) is 0 Å². The van der Waals surface area contributed by atoms with E-state index in [-0.39, 0.29) is 39.3 Å². The van der Waals surface area contributed by atoms with E-state index in [2.05, 4.69) is 9.62 Å². The first-order chi connectivity index (χ1) is 17.4. The summed E-state index contributed by atoms with van der Waals surface area (Å²) in [6, 6.07) is 6.53. The first kappa shape index (κ1) is 25.7. The minimum atomic E-state index is -4.26. The number of carbonyl (C=O) groups is 1. The molecular formula is C27H31FN2O6S. The van der Waals surface area contributed by atoms with Gasteiger partial charge in [-0.15, -0.1) is 0 Å². The van der Waals surface area contributed by atoms with E-state index in [1.165, 1.54) is 12.1 Å². The lowest BCUT2D eigenvalue weighted by atomic mass is 9.90. The molecule has 8 nitrogen and oxygen atoms in total. The number of aromatic carboxylic acids is 1. The molecule has 37 heavy (non-hydrogen) atoms. The standard InChI is InChI=1S/C27H31FN2O6S/c1-27(2,33)18-9-11-30(14-18)10-3-4-16-12-19(28)5-8-23(16)37(34,35)29-22-7-6-20-21-13-17(21)15-36-25(20)24(22)26(31)32/h3-8,12,17-18,21,29,33H,9-11,13-15H2,1-2H3,(H,31,32)/b4-3-/t17-,18?,21-/m0/s1. The van der Waals surface area contributed by atoms with E-state index < -0.39 is 27.4 Å². The lowest BCUT2D eigenvalue weighted by molar-refractivity contribution is 0.0215. The van der Waals surface area contributed by atoms with Crippen molar-refractivity contribution in [1.82, 2.24) is 4.90 Å². The number of halogens is 1. The molecule has 5 rings (SSSR count). The fourth-order valence-electron chi connectivity index (χ4n) is 5.34. The molecule has 1 aliphatic carbocycles. The Morgan fingerprint density at radius 2 is 2.08 bits per heavy atom. The van der Waals surface area contributed by atoms with E-state index in [1.54, 1.807) is 32.1 Å². The lowest BCUT2D eigenvalue weighted by Gasteiger charge is -2.25. The molecule has 1 unspecified atom stereocenters. The zero-order valence-corrected chi connectivity index (χ0v) is 21.6. The van der Waals surface area contributed by atoms with Gasteiger partial charge in [0.2, 0.25) is 0 Å². The number of fused-ring (bicyclic) bond motifs is 3. The molecule has 2 aromatic rings. The van der Waals surface area contributed by atoms with Crippen LogP contribution in [0.1, 0.15) is 54.1 Å². The maximum Gasteiger partial charge on any atom is 0.341 e. The molecule has 0 spiro atoms. The summed E-state index contributed by atoms with van der Waals surface area (Å²) >= 11 is 0. The quantitative estimate of drug-likeness (QED) is 0.474. The number of ether oxygens (including phenoxy) is 1. The number of sulfonamides is 1. The normalized spacial score (nSPS) is 23.4. The monoisotopic (exact) mass is 530 g/mol. The number of nitrogens with zero attached hydrogens (tertiary/aromatic N) is 1. The minimum absolute atomic E-state index is 0.0978. The SMILES string of the molecule is CC(C)(O)C1CCN(C/C=C\c2cc(F)ccc2S(=O)(=O)Nc2ccc3c(c2C(=O)O)OC[C@@H]2C[C@H]32)C1. The fourth-order valence-corrected chi connectivity index (χ4v) is 6.60. The number of carboxylic acids is 1. The molecule has 3 N–H and O–H groups in total. The number of hydrogen-bond donors (Lipinski definition) is 3. The van der Waals surface area contributed by atoms with Crippen LogP contribution in [0.3, 0.4) is 0 Å². The Morgan fingerprint density at radius 1 is 1.30 bits per heavy atom. The van der Waals surface area contributed by atoms with E-state index in [0.29, 0.717) is 25.6 Å². The summed E-state index contributed by atoms with van der Waals surface area (Å²) in [5.41, 5.74) is -0.154. The first-order valence-electron chi connectivity index (χ1n) is 12.4. The van der Waals surface area contributed by atoms with Gasteiger partial charge in [-0.25, -0.2) is 17.6 Å². The van der Waals surface area contributed by atoms with Crippen molar-refractivity contribution in [2.24, 2.45) is 11.8 Å². The van der Waals surface area contributed by atoms with Crippen LogP contribution in [-0.4, -0.2) is 61.3 Å². The van der Waals surface area contributed by atoms with Gasteiger partial charge in [-0.2, -0.15) is 0 Å². The summed E-state index contributed by atoms with van der Waals surface area (Å²) in [4.78, 5) is 14.1. The van der Waals surface area contributed by atoms with Crippen LogP contribution in [0.4, 0.5) is 10.1 Å². The summed E-state index contributed by atoms with van der Waals surface area (Å²) in [5, 5.41) is 20.1. The number of nitrogens with one attached hydrogen (secondary N) is 1. The van der Waals surface area contributed by atoms with Gasteiger partial charge in [-0.1, -0.05) is 18.2 Å². The highest BCUT2D eigenvalue weighted by Gasteiger charge is 2.45. The number of benzene rings is 2. The molecule has 2 heterocycles. The topological polar surface area (TPSA) is 116 Å². The minimum Gasteiger partial charge on any atom is -0.492 e. The molecule has 0 amide bonds. The number of rotatable bonds is 8. The molecule has 2 aliphatic heterocycles. The van der Waals surface area contributed by atoms with Gasteiger partial charge < -0.3 is 14.9 Å². The van der Waals surface area contributed by atoms with Crippen molar-refractivity contribution < 1.29 is 32.6 Å². The van der Waals surface area contributed by atoms with Crippen molar-refractivity contribution >= 4 is 27.8 Å². The van der Waals surface area contributed by atoms with Crippen LogP contribution >= 0.6 is 0 Å². The fraction of sp³-hybridized carbons (Fsp3) is 0.444. The van der Waals surface area contributed by atoms with E-state index in [4.69, 9.17) is 4.74 Å². The van der Waals surface area contributed by atoms with Crippen molar-refractivity contribution in [3.05, 3.63) is 58.9 Å². The summed E-state index contributed by atoms with van der Waals surface area (Å²) < 4.78 is 49.0. The third-order valence-corrected chi connectivity index (χ3v) is 9.04. The van der Waals surface area contributed by atoms with Crippen molar-refractivity contribution in [2.75, 3.05) is 31.0 Å². The van der Waals surface area contributed by atoms with Crippen molar-refractivity contribution in [1.29, 1.82) is 0 Å². The molecule has 0 bridgehead atoms. The number of anilines is 1. The second-order valence-electron chi connectivity index (χ2n) is 10.7. The van der Waals surface area contributed by atoms with E-state index in [0.717, 1.165) is 37.1 Å². The molecule has 1 saturated carbocycles. The second kappa shape index (κ2) is 9.41. The Hall–Kier alpha value is -2.95. The Bertz CT molecular complexity index is 1370. The number of hydrogen-bond acceptors (Lipinski definition) is 6. The Kier molecular flexibility index (Phi) is 6.54. The highest BCUT2D eigenvalue weighted by molar-refractivity contribution is 7.92. The zero-order chi connectivity index (χ0) is 26.5. The molecule has 0 radical (unpaired) electrons. The summed E-state index contributed by atoms with van der Waals surface area (Å²) in [5.74, 6) is -0.898. The highest BCUT2D eigenvalue weighted by atomic mass is 32.2.